The van der Waals surface area contributed by atoms with Crippen molar-refractivity contribution in [3.05, 3.63) is 34.9 Å². The fraction of sp³-hybridized carbons (Fsp3) is 0.611. The van der Waals surface area contributed by atoms with Gasteiger partial charge in [-0.15, -0.1) is 0 Å². The zero-order valence-corrected chi connectivity index (χ0v) is 13.4. The van der Waals surface area contributed by atoms with E-state index in [1.54, 1.807) is 0 Å². The molecule has 1 aromatic carbocycles. The molecular weight excluding hydrogens is 260 g/mol. The lowest BCUT2D eigenvalue weighted by Gasteiger charge is -2.36. The van der Waals surface area contributed by atoms with Crippen molar-refractivity contribution in [3.8, 4) is 0 Å². The maximum absolute atomic E-state index is 12.2. The van der Waals surface area contributed by atoms with Crippen molar-refractivity contribution in [1.29, 1.82) is 0 Å². The lowest BCUT2D eigenvalue weighted by Crippen LogP contribution is -2.44. The van der Waals surface area contributed by atoms with E-state index >= 15 is 0 Å². The van der Waals surface area contributed by atoms with Crippen molar-refractivity contribution >= 4 is 5.91 Å². The van der Waals surface area contributed by atoms with Crippen LogP contribution in [0.1, 0.15) is 48.8 Å². The third-order valence-corrected chi connectivity index (χ3v) is 4.94. The quantitative estimate of drug-likeness (QED) is 0.875. The minimum absolute atomic E-state index is 0.108. The van der Waals surface area contributed by atoms with E-state index in [0.717, 1.165) is 24.9 Å². The van der Waals surface area contributed by atoms with Gasteiger partial charge in [-0.1, -0.05) is 37.5 Å². The Balaban J connectivity index is 1.87. The minimum atomic E-state index is 0.108. The highest BCUT2D eigenvalue weighted by Gasteiger charge is 2.30. The second-order valence-corrected chi connectivity index (χ2v) is 6.64. The van der Waals surface area contributed by atoms with E-state index in [9.17, 15) is 4.79 Å². The van der Waals surface area contributed by atoms with Gasteiger partial charge in [-0.3, -0.25) is 4.79 Å². The number of aryl methyl sites for hydroxylation is 2. The predicted octanol–water partition coefficient (Wildman–Crippen LogP) is 2.87. The van der Waals surface area contributed by atoms with Gasteiger partial charge in [0, 0.05) is 6.54 Å². The zero-order chi connectivity index (χ0) is 15.3. The molecule has 0 atom stereocenters. The van der Waals surface area contributed by atoms with E-state index in [1.807, 2.05) is 6.07 Å². The molecule has 0 radical (unpaired) electrons. The predicted molar refractivity (Wildman–Crippen MR) is 87.2 cm³/mol. The van der Waals surface area contributed by atoms with Gasteiger partial charge in [-0.25, -0.2) is 0 Å². The van der Waals surface area contributed by atoms with Crippen LogP contribution in [0, 0.1) is 19.3 Å². The summed E-state index contributed by atoms with van der Waals surface area (Å²) < 4.78 is 0. The largest absolute Gasteiger partial charge is 0.355 e. The molecule has 1 saturated carbocycles. The van der Waals surface area contributed by atoms with Gasteiger partial charge in [-0.2, -0.15) is 0 Å². The van der Waals surface area contributed by atoms with Crippen molar-refractivity contribution in [1.82, 2.24) is 5.32 Å². The average Bonchev–Trinajstić information content (AvgIpc) is 2.50. The molecule has 3 nitrogen and oxygen atoms in total. The van der Waals surface area contributed by atoms with E-state index in [1.165, 1.54) is 30.4 Å². The number of hydrogen-bond acceptors (Lipinski definition) is 2. The number of nitrogens with two attached hydrogens (primary N) is 1. The Bertz CT molecular complexity index is 490. The van der Waals surface area contributed by atoms with E-state index in [-0.39, 0.29) is 11.3 Å². The molecule has 3 N–H and O–H groups in total. The molecule has 0 heterocycles. The first kappa shape index (κ1) is 16.0. The lowest BCUT2D eigenvalue weighted by atomic mass is 9.74. The molecule has 0 saturated heterocycles. The fourth-order valence-electron chi connectivity index (χ4n) is 3.20. The van der Waals surface area contributed by atoms with Crippen LogP contribution in [0.4, 0.5) is 0 Å². The van der Waals surface area contributed by atoms with Gasteiger partial charge >= 0.3 is 0 Å². The number of rotatable bonds is 5. The molecule has 1 aliphatic rings. The van der Waals surface area contributed by atoms with E-state index in [2.05, 4.69) is 31.3 Å². The third kappa shape index (κ3) is 4.31. The summed E-state index contributed by atoms with van der Waals surface area (Å²) in [5.41, 5.74) is 9.69. The smallest absolute Gasteiger partial charge is 0.224 e. The highest BCUT2D eigenvalue weighted by atomic mass is 16.1. The molecule has 0 aromatic heterocycles. The first-order valence-electron chi connectivity index (χ1n) is 8.08. The highest BCUT2D eigenvalue weighted by Crippen LogP contribution is 2.34. The summed E-state index contributed by atoms with van der Waals surface area (Å²) in [7, 11) is 0. The molecule has 1 aliphatic carbocycles. The van der Waals surface area contributed by atoms with Crippen LogP contribution >= 0.6 is 0 Å². The number of benzene rings is 1. The Labute approximate surface area is 128 Å². The summed E-state index contributed by atoms with van der Waals surface area (Å²) in [6.07, 6.45) is 6.54. The topological polar surface area (TPSA) is 55.1 Å². The number of amides is 1. The molecule has 2 rings (SSSR count). The van der Waals surface area contributed by atoms with Crippen molar-refractivity contribution in [3.63, 3.8) is 0 Å². The molecular formula is C18H28N2O. The molecule has 0 aliphatic heterocycles. The van der Waals surface area contributed by atoms with E-state index in [4.69, 9.17) is 5.73 Å². The van der Waals surface area contributed by atoms with Gasteiger partial charge in [0.05, 0.1) is 6.42 Å². The summed E-state index contributed by atoms with van der Waals surface area (Å²) in [6, 6.07) is 6.23. The molecule has 0 bridgehead atoms. The molecule has 3 heteroatoms. The molecule has 116 valence electrons. The molecule has 1 fully saturated rings. The minimum Gasteiger partial charge on any atom is -0.355 e. The Morgan fingerprint density at radius 1 is 1.19 bits per heavy atom. The van der Waals surface area contributed by atoms with Crippen LogP contribution in [-0.2, 0) is 11.2 Å². The van der Waals surface area contributed by atoms with Gasteiger partial charge in [0.25, 0.3) is 0 Å². The first-order chi connectivity index (χ1) is 10.0. The standard InChI is InChI=1S/C18H28N2O/c1-14-6-7-16(10-15(14)2)11-17(21)20-13-18(12-19)8-4-3-5-9-18/h6-7,10H,3-5,8-9,11-13,19H2,1-2H3,(H,20,21). The Hall–Kier alpha value is -1.35. The zero-order valence-electron chi connectivity index (χ0n) is 13.4. The number of nitrogens with one attached hydrogen (secondary N) is 1. The lowest BCUT2D eigenvalue weighted by molar-refractivity contribution is -0.121. The maximum Gasteiger partial charge on any atom is 0.224 e. The summed E-state index contributed by atoms with van der Waals surface area (Å²) in [4.78, 5) is 12.2. The van der Waals surface area contributed by atoms with Gasteiger partial charge in [-0.05, 0) is 55.3 Å². The number of carbonyl (C=O) groups is 1. The van der Waals surface area contributed by atoms with E-state index in [0.29, 0.717) is 13.0 Å². The van der Waals surface area contributed by atoms with Gasteiger partial charge in [0.15, 0.2) is 0 Å². The van der Waals surface area contributed by atoms with Crippen LogP contribution in [0.15, 0.2) is 18.2 Å². The molecule has 0 spiro atoms. The van der Waals surface area contributed by atoms with E-state index < -0.39 is 0 Å². The Morgan fingerprint density at radius 2 is 1.90 bits per heavy atom. The molecule has 21 heavy (non-hydrogen) atoms. The van der Waals surface area contributed by atoms with Crippen molar-refractivity contribution in [2.45, 2.75) is 52.4 Å². The van der Waals surface area contributed by atoms with Gasteiger partial charge in [0.2, 0.25) is 5.91 Å². The normalized spacial score (nSPS) is 17.5. The van der Waals surface area contributed by atoms with Crippen molar-refractivity contribution in [2.75, 3.05) is 13.1 Å². The Morgan fingerprint density at radius 3 is 2.52 bits per heavy atom. The first-order valence-corrected chi connectivity index (χ1v) is 8.08. The molecule has 1 aromatic rings. The average molecular weight is 288 g/mol. The van der Waals surface area contributed by atoms with Crippen molar-refractivity contribution in [2.24, 2.45) is 11.1 Å². The van der Waals surface area contributed by atoms with Crippen LogP contribution in [0.5, 0.6) is 0 Å². The van der Waals surface area contributed by atoms with Crippen LogP contribution in [0.25, 0.3) is 0 Å². The fourth-order valence-corrected chi connectivity index (χ4v) is 3.20. The second-order valence-electron chi connectivity index (χ2n) is 6.64. The summed E-state index contributed by atoms with van der Waals surface area (Å²) in [5, 5.41) is 3.11. The number of carbonyl (C=O) groups excluding carboxylic acids is 1. The van der Waals surface area contributed by atoms with Gasteiger partial charge < -0.3 is 11.1 Å². The van der Waals surface area contributed by atoms with Crippen LogP contribution in [0.2, 0.25) is 0 Å². The highest BCUT2D eigenvalue weighted by molar-refractivity contribution is 5.78. The SMILES string of the molecule is Cc1ccc(CC(=O)NCC2(CN)CCCCC2)cc1C. The monoisotopic (exact) mass is 288 g/mol. The van der Waals surface area contributed by atoms with Crippen LogP contribution in [0.3, 0.4) is 0 Å². The summed E-state index contributed by atoms with van der Waals surface area (Å²) >= 11 is 0. The summed E-state index contributed by atoms with van der Waals surface area (Å²) in [6.45, 7) is 5.58. The molecule has 0 unspecified atom stereocenters. The second kappa shape index (κ2) is 7.08. The number of hydrogen-bond donors (Lipinski definition) is 2. The van der Waals surface area contributed by atoms with Crippen LogP contribution in [-0.4, -0.2) is 19.0 Å². The molecule has 1 amide bonds. The van der Waals surface area contributed by atoms with Crippen molar-refractivity contribution < 1.29 is 4.79 Å². The third-order valence-electron chi connectivity index (χ3n) is 4.94. The summed E-state index contributed by atoms with van der Waals surface area (Å²) in [5.74, 6) is 0.108. The maximum atomic E-state index is 12.2. The van der Waals surface area contributed by atoms with Gasteiger partial charge in [0.1, 0.15) is 0 Å². The Kier molecular flexibility index (Phi) is 5.40. The van der Waals surface area contributed by atoms with Crippen LogP contribution < -0.4 is 11.1 Å².